The summed E-state index contributed by atoms with van der Waals surface area (Å²) in [7, 11) is 3.30. The first-order valence-electron chi connectivity index (χ1n) is 11.0. The first-order chi connectivity index (χ1) is 15.6. The largest absolute Gasteiger partial charge is 0.493 e. The van der Waals surface area contributed by atoms with Crippen LogP contribution in [0.15, 0.2) is 60.7 Å². The van der Waals surface area contributed by atoms with E-state index in [0.29, 0.717) is 19.8 Å². The highest BCUT2D eigenvalue weighted by atomic mass is 35.5. The van der Waals surface area contributed by atoms with Crippen LogP contribution in [0.3, 0.4) is 0 Å². The minimum Gasteiger partial charge on any atom is -0.493 e. The van der Waals surface area contributed by atoms with Crippen molar-refractivity contribution in [2.45, 2.75) is 33.4 Å². The molecule has 0 aromatic heterocycles. The number of hydrogen-bond acceptors (Lipinski definition) is 5. The van der Waals surface area contributed by atoms with Gasteiger partial charge in [-0.15, -0.1) is 12.4 Å². The van der Waals surface area contributed by atoms with Crippen LogP contribution in [0.4, 0.5) is 0 Å². The van der Waals surface area contributed by atoms with E-state index >= 15 is 0 Å². The summed E-state index contributed by atoms with van der Waals surface area (Å²) < 4.78 is 22.8. The zero-order valence-corrected chi connectivity index (χ0v) is 20.7. The molecule has 0 radical (unpaired) electrons. The highest BCUT2D eigenvalue weighted by molar-refractivity contribution is 5.85. The van der Waals surface area contributed by atoms with E-state index in [1.165, 1.54) is 11.1 Å². The van der Waals surface area contributed by atoms with Gasteiger partial charge >= 0.3 is 0 Å². The lowest BCUT2D eigenvalue weighted by Crippen LogP contribution is -2.17. The van der Waals surface area contributed by atoms with Gasteiger partial charge in [0.15, 0.2) is 23.0 Å². The van der Waals surface area contributed by atoms with E-state index in [1.54, 1.807) is 14.2 Å². The molecule has 0 fully saturated rings. The summed E-state index contributed by atoms with van der Waals surface area (Å²) >= 11 is 0. The van der Waals surface area contributed by atoms with Crippen molar-refractivity contribution >= 4 is 12.4 Å². The van der Waals surface area contributed by atoms with Gasteiger partial charge in [0.25, 0.3) is 0 Å². The molecule has 178 valence electrons. The van der Waals surface area contributed by atoms with Crippen molar-refractivity contribution in [2.75, 3.05) is 27.4 Å². The normalized spacial score (nSPS) is 10.3. The molecule has 0 atom stereocenters. The lowest BCUT2D eigenvalue weighted by Gasteiger charge is -2.17. The van der Waals surface area contributed by atoms with Gasteiger partial charge in [0.05, 0.1) is 20.8 Å². The topological polar surface area (TPSA) is 49.0 Å². The number of hydrogen-bond donors (Lipinski definition) is 1. The Kier molecular flexibility index (Phi) is 10.9. The second-order valence-corrected chi connectivity index (χ2v) is 7.57. The van der Waals surface area contributed by atoms with E-state index in [0.717, 1.165) is 47.1 Å². The minimum atomic E-state index is 0. The fourth-order valence-electron chi connectivity index (χ4n) is 3.47. The molecule has 0 amide bonds. The number of ether oxygens (including phenoxy) is 4. The van der Waals surface area contributed by atoms with Crippen molar-refractivity contribution < 1.29 is 18.9 Å². The number of nitrogens with one attached hydrogen (secondary N) is 1. The molecule has 1 N–H and O–H groups in total. The lowest BCUT2D eigenvalue weighted by molar-refractivity contribution is 0.266. The van der Waals surface area contributed by atoms with E-state index in [1.807, 2.05) is 31.2 Å². The summed E-state index contributed by atoms with van der Waals surface area (Å²) in [4.78, 5) is 0. The van der Waals surface area contributed by atoms with Crippen molar-refractivity contribution in [1.29, 1.82) is 0 Å². The van der Waals surface area contributed by atoms with Crippen LogP contribution in [0.25, 0.3) is 0 Å². The standard InChI is InChI=1S/C27H33NO4.ClH/c1-5-31-25-8-6-7-23(27(25)32-19-22-11-9-20(2)10-12-22)18-28-16-15-21-13-14-24(29-3)26(17-21)30-4;/h6-14,17,28H,5,15-16,18-19H2,1-4H3;1H. The van der Waals surface area contributed by atoms with E-state index in [-0.39, 0.29) is 12.4 Å². The summed E-state index contributed by atoms with van der Waals surface area (Å²) in [6, 6.07) is 20.5. The Morgan fingerprint density at radius 1 is 0.788 bits per heavy atom. The predicted octanol–water partition coefficient (Wildman–Crippen LogP) is 5.74. The summed E-state index contributed by atoms with van der Waals surface area (Å²) in [5, 5.41) is 3.52. The minimum absolute atomic E-state index is 0. The molecule has 5 nitrogen and oxygen atoms in total. The molecule has 0 heterocycles. The molecule has 0 bridgehead atoms. The number of aryl methyl sites for hydroxylation is 1. The zero-order chi connectivity index (χ0) is 22.8. The first-order valence-corrected chi connectivity index (χ1v) is 11.0. The SMILES string of the molecule is CCOc1cccc(CNCCc2ccc(OC)c(OC)c2)c1OCc1ccc(C)cc1.Cl. The lowest BCUT2D eigenvalue weighted by atomic mass is 10.1. The fraction of sp³-hybridized carbons (Fsp3) is 0.333. The third-order valence-electron chi connectivity index (χ3n) is 5.22. The summed E-state index contributed by atoms with van der Waals surface area (Å²) in [6.45, 7) is 6.68. The van der Waals surface area contributed by atoms with Crippen molar-refractivity contribution in [3.05, 3.63) is 82.9 Å². The van der Waals surface area contributed by atoms with Gasteiger partial charge in [0, 0.05) is 12.1 Å². The van der Waals surface area contributed by atoms with Crippen LogP contribution >= 0.6 is 12.4 Å². The van der Waals surface area contributed by atoms with Crippen LogP contribution in [-0.4, -0.2) is 27.4 Å². The molecule has 3 rings (SSSR count). The highest BCUT2D eigenvalue weighted by Crippen LogP contribution is 2.32. The summed E-state index contributed by atoms with van der Waals surface area (Å²) in [6.07, 6.45) is 0.880. The Morgan fingerprint density at radius 3 is 2.21 bits per heavy atom. The third-order valence-corrected chi connectivity index (χ3v) is 5.22. The fourth-order valence-corrected chi connectivity index (χ4v) is 3.47. The second-order valence-electron chi connectivity index (χ2n) is 7.57. The molecule has 33 heavy (non-hydrogen) atoms. The average molecular weight is 472 g/mol. The Labute approximate surface area is 203 Å². The van der Waals surface area contributed by atoms with Crippen LogP contribution < -0.4 is 24.3 Å². The molecular weight excluding hydrogens is 438 g/mol. The predicted molar refractivity (Wildman–Crippen MR) is 135 cm³/mol. The number of rotatable bonds is 12. The molecule has 0 saturated carbocycles. The van der Waals surface area contributed by atoms with Crippen LogP contribution in [0.2, 0.25) is 0 Å². The Bertz CT molecular complexity index is 992. The van der Waals surface area contributed by atoms with E-state index in [9.17, 15) is 0 Å². The summed E-state index contributed by atoms with van der Waals surface area (Å²) in [5.74, 6) is 3.07. The van der Waals surface area contributed by atoms with Crippen molar-refractivity contribution in [3.8, 4) is 23.0 Å². The van der Waals surface area contributed by atoms with Crippen molar-refractivity contribution in [2.24, 2.45) is 0 Å². The maximum atomic E-state index is 6.22. The molecule has 0 aliphatic carbocycles. The number of benzene rings is 3. The Balaban J connectivity index is 0.00000385. The van der Waals surface area contributed by atoms with Crippen molar-refractivity contribution in [3.63, 3.8) is 0 Å². The van der Waals surface area contributed by atoms with Gasteiger partial charge in [0.2, 0.25) is 0 Å². The van der Waals surface area contributed by atoms with Crippen LogP contribution in [-0.2, 0) is 19.6 Å². The Morgan fingerprint density at radius 2 is 1.52 bits per heavy atom. The first kappa shape index (κ1) is 26.4. The van der Waals surface area contributed by atoms with Crippen LogP contribution in [0.1, 0.15) is 29.2 Å². The molecule has 3 aromatic rings. The van der Waals surface area contributed by atoms with Gasteiger partial charge in [-0.25, -0.2) is 0 Å². The molecule has 6 heteroatoms. The maximum Gasteiger partial charge on any atom is 0.166 e. The molecule has 0 spiro atoms. The number of para-hydroxylation sites is 1. The molecule has 0 aliphatic rings. The smallest absolute Gasteiger partial charge is 0.166 e. The van der Waals surface area contributed by atoms with E-state index in [2.05, 4.69) is 48.6 Å². The zero-order valence-electron chi connectivity index (χ0n) is 19.9. The van der Waals surface area contributed by atoms with Gasteiger partial charge in [-0.05, 0) is 56.1 Å². The van der Waals surface area contributed by atoms with Crippen LogP contribution in [0.5, 0.6) is 23.0 Å². The van der Waals surface area contributed by atoms with Gasteiger partial charge in [-0.2, -0.15) is 0 Å². The highest BCUT2D eigenvalue weighted by Gasteiger charge is 2.12. The van der Waals surface area contributed by atoms with Gasteiger partial charge in [-0.3, -0.25) is 0 Å². The average Bonchev–Trinajstić information content (AvgIpc) is 2.82. The number of methoxy groups -OCH3 is 2. The third kappa shape index (κ3) is 7.58. The maximum absolute atomic E-state index is 6.22. The number of halogens is 1. The quantitative estimate of drug-likeness (QED) is 0.341. The van der Waals surface area contributed by atoms with E-state index < -0.39 is 0 Å². The second kappa shape index (κ2) is 13.6. The van der Waals surface area contributed by atoms with E-state index in [4.69, 9.17) is 18.9 Å². The van der Waals surface area contributed by atoms with Crippen LogP contribution in [0, 0.1) is 6.92 Å². The molecule has 0 unspecified atom stereocenters. The molecular formula is C27H34ClNO4. The van der Waals surface area contributed by atoms with Crippen molar-refractivity contribution in [1.82, 2.24) is 5.32 Å². The molecule has 3 aromatic carbocycles. The van der Waals surface area contributed by atoms with Gasteiger partial charge in [-0.1, -0.05) is 48.0 Å². The molecule has 0 aliphatic heterocycles. The monoisotopic (exact) mass is 471 g/mol. The Hall–Kier alpha value is -2.89. The van der Waals surface area contributed by atoms with Gasteiger partial charge in [0.1, 0.15) is 6.61 Å². The van der Waals surface area contributed by atoms with Gasteiger partial charge < -0.3 is 24.3 Å². The summed E-state index contributed by atoms with van der Waals surface area (Å²) in [5.41, 5.74) is 4.64. The molecule has 0 saturated heterocycles.